The van der Waals surface area contributed by atoms with Crippen molar-refractivity contribution in [2.75, 3.05) is 13.1 Å². The number of hydrogen-bond donors (Lipinski definition) is 0. The monoisotopic (exact) mass is 366 g/mol. The van der Waals surface area contributed by atoms with Crippen molar-refractivity contribution in [3.63, 3.8) is 0 Å². The van der Waals surface area contributed by atoms with Crippen LogP contribution in [0.25, 0.3) is 16.6 Å². The average Bonchev–Trinajstić information content (AvgIpc) is 3.29. The van der Waals surface area contributed by atoms with E-state index in [0.717, 1.165) is 42.5 Å². The summed E-state index contributed by atoms with van der Waals surface area (Å²) in [4.78, 5) is 26.6. The zero-order valence-electron chi connectivity index (χ0n) is 14.5. The lowest BCUT2D eigenvalue weighted by Gasteiger charge is -2.18. The molecule has 0 saturated carbocycles. The highest BCUT2D eigenvalue weighted by Crippen LogP contribution is 2.34. The topological polar surface area (TPSA) is 42.3 Å². The minimum Gasteiger partial charge on any atom is -0.337 e. The Morgan fingerprint density at radius 1 is 0.962 bits per heavy atom. The summed E-state index contributed by atoms with van der Waals surface area (Å²) in [5.74, 6) is -0.0281. The number of carbonyl (C=O) groups is 2. The Balaban J connectivity index is 1.93. The van der Waals surface area contributed by atoms with Crippen molar-refractivity contribution in [3.8, 4) is 5.69 Å². The van der Waals surface area contributed by atoms with Crippen LogP contribution in [0.4, 0.5) is 0 Å². The fraction of sp³-hybridized carbons (Fsp3) is 0.238. The standard InChI is InChI=1S/C21H19ClN2O2/c1-14(25)15-8-10-16(11-9-15)24-18-7-3-2-6-17(18)19(22)20(24)21(26)23-12-4-5-13-23/h2-3,6-11H,4-5,12-13H2,1H3. The Morgan fingerprint density at radius 2 is 1.62 bits per heavy atom. The molecular weight excluding hydrogens is 348 g/mol. The number of fused-ring (bicyclic) bond motifs is 1. The second kappa shape index (κ2) is 6.61. The summed E-state index contributed by atoms with van der Waals surface area (Å²) in [6, 6.07) is 15.0. The molecule has 1 fully saturated rings. The van der Waals surface area contributed by atoms with Gasteiger partial charge in [-0.2, -0.15) is 0 Å². The lowest BCUT2D eigenvalue weighted by atomic mass is 10.1. The molecular formula is C21H19ClN2O2. The van der Waals surface area contributed by atoms with Gasteiger partial charge >= 0.3 is 0 Å². The highest BCUT2D eigenvalue weighted by Gasteiger charge is 2.28. The molecule has 2 heterocycles. The van der Waals surface area contributed by atoms with Crippen LogP contribution in [-0.2, 0) is 0 Å². The second-order valence-electron chi connectivity index (χ2n) is 6.62. The first-order chi connectivity index (χ1) is 12.6. The van der Waals surface area contributed by atoms with Gasteiger partial charge in [0, 0.05) is 29.7 Å². The fourth-order valence-corrected chi connectivity index (χ4v) is 3.90. The molecule has 0 atom stereocenters. The third-order valence-electron chi connectivity index (χ3n) is 4.94. The molecule has 1 aliphatic rings. The summed E-state index contributed by atoms with van der Waals surface area (Å²) in [5, 5.41) is 1.33. The highest BCUT2D eigenvalue weighted by molar-refractivity contribution is 6.39. The minimum absolute atomic E-state index is 0.0142. The number of carbonyl (C=O) groups excluding carboxylic acids is 2. The van der Waals surface area contributed by atoms with Crippen molar-refractivity contribution in [1.29, 1.82) is 0 Å². The minimum atomic E-state index is -0.0423. The quantitative estimate of drug-likeness (QED) is 0.629. The van der Waals surface area contributed by atoms with E-state index in [4.69, 9.17) is 11.6 Å². The van der Waals surface area contributed by atoms with Gasteiger partial charge < -0.3 is 9.47 Å². The normalized spacial score (nSPS) is 14.2. The number of Topliss-reactive ketones (excluding diaryl/α,β-unsaturated/α-hetero) is 1. The van der Waals surface area contributed by atoms with E-state index in [-0.39, 0.29) is 11.7 Å². The Hall–Kier alpha value is -2.59. The van der Waals surface area contributed by atoms with E-state index in [0.29, 0.717) is 16.3 Å². The molecule has 0 aliphatic carbocycles. The van der Waals surface area contributed by atoms with Gasteiger partial charge in [0.05, 0.1) is 10.5 Å². The molecule has 132 valence electrons. The molecule has 4 rings (SSSR count). The summed E-state index contributed by atoms with van der Waals surface area (Å²) < 4.78 is 1.90. The Morgan fingerprint density at radius 3 is 2.27 bits per heavy atom. The SMILES string of the molecule is CC(=O)c1ccc(-n2c(C(=O)N3CCCC3)c(Cl)c3ccccc32)cc1. The lowest BCUT2D eigenvalue weighted by molar-refractivity contribution is 0.0785. The van der Waals surface area contributed by atoms with Gasteiger partial charge in [0.1, 0.15) is 5.69 Å². The fourth-order valence-electron chi connectivity index (χ4n) is 3.57. The number of benzene rings is 2. The van der Waals surface area contributed by atoms with Crippen LogP contribution in [0.1, 0.15) is 40.6 Å². The second-order valence-corrected chi connectivity index (χ2v) is 7.00. The van der Waals surface area contributed by atoms with Gasteiger partial charge in [0.2, 0.25) is 0 Å². The number of para-hydroxylation sites is 1. The van der Waals surface area contributed by atoms with Gasteiger partial charge in [-0.25, -0.2) is 0 Å². The number of amides is 1. The molecule has 0 radical (unpaired) electrons. The number of nitrogens with zero attached hydrogens (tertiary/aromatic N) is 2. The van der Waals surface area contributed by atoms with Gasteiger partial charge in [0.25, 0.3) is 5.91 Å². The number of halogens is 1. The van der Waals surface area contributed by atoms with Crippen LogP contribution in [0.15, 0.2) is 48.5 Å². The maximum Gasteiger partial charge on any atom is 0.272 e. The summed E-state index contributed by atoms with van der Waals surface area (Å²) in [6.07, 6.45) is 2.05. The van der Waals surface area contributed by atoms with Gasteiger partial charge in [-0.3, -0.25) is 9.59 Å². The predicted octanol–water partition coefficient (Wildman–Crippen LogP) is 4.72. The van der Waals surface area contributed by atoms with Crippen LogP contribution in [-0.4, -0.2) is 34.2 Å². The molecule has 1 saturated heterocycles. The number of hydrogen-bond acceptors (Lipinski definition) is 2. The Kier molecular flexibility index (Phi) is 4.29. The van der Waals surface area contributed by atoms with Crippen LogP contribution in [0.2, 0.25) is 5.02 Å². The van der Waals surface area contributed by atoms with Crippen LogP contribution >= 0.6 is 11.6 Å². The van der Waals surface area contributed by atoms with E-state index in [1.807, 2.05) is 45.9 Å². The Bertz CT molecular complexity index is 999. The first kappa shape index (κ1) is 16.9. The molecule has 0 unspecified atom stereocenters. The van der Waals surface area contributed by atoms with Crippen molar-refractivity contribution in [1.82, 2.24) is 9.47 Å². The number of aromatic nitrogens is 1. The zero-order chi connectivity index (χ0) is 18.3. The number of likely N-dealkylation sites (tertiary alicyclic amines) is 1. The smallest absolute Gasteiger partial charge is 0.272 e. The average molecular weight is 367 g/mol. The third-order valence-corrected chi connectivity index (χ3v) is 5.32. The van der Waals surface area contributed by atoms with E-state index in [1.165, 1.54) is 0 Å². The molecule has 0 bridgehead atoms. The van der Waals surface area contributed by atoms with Crippen LogP contribution in [0.5, 0.6) is 0 Å². The van der Waals surface area contributed by atoms with E-state index in [9.17, 15) is 9.59 Å². The molecule has 4 nitrogen and oxygen atoms in total. The first-order valence-electron chi connectivity index (χ1n) is 8.77. The van der Waals surface area contributed by atoms with Gasteiger partial charge in [-0.05, 0) is 50.1 Å². The molecule has 5 heteroatoms. The van der Waals surface area contributed by atoms with Crippen molar-refractivity contribution in [2.24, 2.45) is 0 Å². The third kappa shape index (κ3) is 2.71. The van der Waals surface area contributed by atoms with Gasteiger partial charge in [-0.15, -0.1) is 0 Å². The van der Waals surface area contributed by atoms with Gasteiger partial charge in [-0.1, -0.05) is 29.8 Å². The molecule has 1 aliphatic heterocycles. The molecule has 0 spiro atoms. The van der Waals surface area contributed by atoms with Crippen molar-refractivity contribution < 1.29 is 9.59 Å². The molecule has 26 heavy (non-hydrogen) atoms. The summed E-state index contributed by atoms with van der Waals surface area (Å²) >= 11 is 6.64. The largest absolute Gasteiger partial charge is 0.337 e. The van der Waals surface area contributed by atoms with E-state index in [1.54, 1.807) is 19.1 Å². The first-order valence-corrected chi connectivity index (χ1v) is 9.15. The Labute approximate surface area is 157 Å². The molecule has 1 amide bonds. The van der Waals surface area contributed by atoms with Crippen molar-refractivity contribution in [2.45, 2.75) is 19.8 Å². The van der Waals surface area contributed by atoms with Crippen LogP contribution in [0.3, 0.4) is 0 Å². The van der Waals surface area contributed by atoms with Crippen molar-refractivity contribution >= 4 is 34.2 Å². The van der Waals surface area contributed by atoms with Crippen LogP contribution < -0.4 is 0 Å². The van der Waals surface area contributed by atoms with E-state index >= 15 is 0 Å². The lowest BCUT2D eigenvalue weighted by Crippen LogP contribution is -2.29. The molecule has 1 aromatic heterocycles. The van der Waals surface area contributed by atoms with Gasteiger partial charge in [0.15, 0.2) is 5.78 Å². The molecule has 2 aromatic carbocycles. The predicted molar refractivity (Wildman–Crippen MR) is 103 cm³/mol. The number of rotatable bonds is 3. The maximum absolute atomic E-state index is 13.2. The van der Waals surface area contributed by atoms with Crippen molar-refractivity contribution in [3.05, 3.63) is 64.8 Å². The molecule has 3 aromatic rings. The van der Waals surface area contributed by atoms with Crippen LogP contribution in [0, 0.1) is 0 Å². The molecule has 0 N–H and O–H groups in total. The van der Waals surface area contributed by atoms with E-state index in [2.05, 4.69) is 0 Å². The highest BCUT2D eigenvalue weighted by atomic mass is 35.5. The zero-order valence-corrected chi connectivity index (χ0v) is 15.3. The maximum atomic E-state index is 13.2. The van der Waals surface area contributed by atoms with E-state index < -0.39 is 0 Å². The summed E-state index contributed by atoms with van der Waals surface area (Å²) in [6.45, 7) is 3.07. The summed E-state index contributed by atoms with van der Waals surface area (Å²) in [7, 11) is 0. The summed E-state index contributed by atoms with van der Waals surface area (Å²) in [5.41, 5.74) is 2.84. The number of ketones is 1.